The van der Waals surface area contributed by atoms with Crippen molar-refractivity contribution in [2.45, 2.75) is 12.0 Å². The number of carbonyl (C=O) groups excluding carboxylic acids is 2. The van der Waals surface area contributed by atoms with Crippen LogP contribution in [0.15, 0.2) is 42.5 Å². The molecule has 7 heteroatoms. The summed E-state index contributed by atoms with van der Waals surface area (Å²) in [5, 5.41) is 21.8. The number of rotatable bonds is 5. The first-order chi connectivity index (χ1) is 12.0. The zero-order valence-electron chi connectivity index (χ0n) is 13.0. The molecule has 2 N–H and O–H groups in total. The van der Waals surface area contributed by atoms with Gasteiger partial charge in [0.05, 0.1) is 12.0 Å². The zero-order chi connectivity index (χ0) is 18.0. The molecule has 3 rings (SSSR count). The molecule has 0 saturated carbocycles. The molecule has 2 aromatic carbocycles. The molecular formula is C18H13FN2O4. The third-order valence-electron chi connectivity index (χ3n) is 3.95. The van der Waals surface area contributed by atoms with Crippen molar-refractivity contribution in [3.8, 4) is 11.8 Å². The second-order valence-electron chi connectivity index (χ2n) is 5.55. The number of amides is 1. The SMILES string of the molecule is N#CCOc1ccccc1C(=O)C[C@@]1(O)C(=O)Nc2ccc(F)cc21. The van der Waals surface area contributed by atoms with Crippen LogP contribution in [0.3, 0.4) is 0 Å². The van der Waals surface area contributed by atoms with Gasteiger partial charge in [0.2, 0.25) is 0 Å². The van der Waals surface area contributed by atoms with Gasteiger partial charge in [0.1, 0.15) is 17.6 Å². The van der Waals surface area contributed by atoms with Crippen molar-refractivity contribution in [1.82, 2.24) is 0 Å². The maximum atomic E-state index is 13.5. The summed E-state index contributed by atoms with van der Waals surface area (Å²) in [5.41, 5.74) is -1.77. The van der Waals surface area contributed by atoms with Crippen molar-refractivity contribution in [3.05, 3.63) is 59.4 Å². The highest BCUT2D eigenvalue weighted by molar-refractivity contribution is 6.09. The number of ether oxygens (including phenoxy) is 1. The standard InChI is InChI=1S/C18H13FN2O4/c19-11-5-6-14-13(9-11)18(24,17(23)21-14)10-15(22)12-3-1-2-4-16(12)25-8-7-20/h1-6,9,24H,8,10H2,(H,21,23)/t18-/m0/s1. The Bertz CT molecular complexity index is 906. The molecule has 1 atom stereocenters. The number of ketones is 1. The van der Waals surface area contributed by atoms with Crippen molar-refractivity contribution in [2.24, 2.45) is 0 Å². The molecule has 2 aromatic rings. The number of nitrogens with zero attached hydrogens (tertiary/aromatic N) is 1. The predicted molar refractivity (Wildman–Crippen MR) is 85.4 cm³/mol. The normalized spacial score (nSPS) is 18.2. The van der Waals surface area contributed by atoms with Gasteiger partial charge in [-0.05, 0) is 30.3 Å². The van der Waals surface area contributed by atoms with E-state index in [4.69, 9.17) is 10.00 Å². The minimum Gasteiger partial charge on any atom is -0.478 e. The summed E-state index contributed by atoms with van der Waals surface area (Å²) in [6.45, 7) is -0.247. The van der Waals surface area contributed by atoms with Gasteiger partial charge in [0.25, 0.3) is 5.91 Å². The minimum absolute atomic E-state index is 0.0151. The minimum atomic E-state index is -2.17. The Morgan fingerprint density at radius 1 is 1.32 bits per heavy atom. The Morgan fingerprint density at radius 2 is 2.08 bits per heavy atom. The molecule has 0 aromatic heterocycles. The van der Waals surface area contributed by atoms with Gasteiger partial charge in [0.15, 0.2) is 18.0 Å². The van der Waals surface area contributed by atoms with E-state index in [1.165, 1.54) is 18.2 Å². The Labute approximate surface area is 142 Å². The quantitative estimate of drug-likeness (QED) is 0.813. The van der Waals surface area contributed by atoms with Gasteiger partial charge in [-0.3, -0.25) is 9.59 Å². The number of anilines is 1. The zero-order valence-corrected chi connectivity index (χ0v) is 13.0. The van der Waals surface area contributed by atoms with E-state index in [-0.39, 0.29) is 29.2 Å². The first-order valence-corrected chi connectivity index (χ1v) is 7.41. The summed E-state index contributed by atoms with van der Waals surface area (Å²) in [6.07, 6.45) is -0.581. The fraction of sp³-hybridized carbons (Fsp3) is 0.167. The third kappa shape index (κ3) is 2.95. The Kier molecular flexibility index (Phi) is 4.21. The first-order valence-electron chi connectivity index (χ1n) is 7.41. The van der Waals surface area contributed by atoms with Gasteiger partial charge in [-0.15, -0.1) is 0 Å². The van der Waals surface area contributed by atoms with E-state index in [1.807, 2.05) is 0 Å². The van der Waals surface area contributed by atoms with E-state index in [0.29, 0.717) is 0 Å². The van der Waals surface area contributed by atoms with Gasteiger partial charge in [0, 0.05) is 11.3 Å². The van der Waals surface area contributed by atoms with Gasteiger partial charge < -0.3 is 15.2 Å². The average molecular weight is 340 g/mol. The Balaban J connectivity index is 1.93. The molecule has 0 aliphatic carbocycles. The van der Waals surface area contributed by atoms with Crippen LogP contribution in [0.5, 0.6) is 5.75 Å². The van der Waals surface area contributed by atoms with E-state index < -0.39 is 29.5 Å². The lowest BCUT2D eigenvalue weighted by molar-refractivity contribution is -0.133. The summed E-state index contributed by atoms with van der Waals surface area (Å²) in [4.78, 5) is 24.8. The van der Waals surface area contributed by atoms with Crippen LogP contribution in [0.25, 0.3) is 0 Å². The molecule has 1 amide bonds. The molecule has 0 spiro atoms. The Morgan fingerprint density at radius 3 is 2.84 bits per heavy atom. The molecule has 25 heavy (non-hydrogen) atoms. The smallest absolute Gasteiger partial charge is 0.261 e. The molecule has 6 nitrogen and oxygen atoms in total. The monoisotopic (exact) mass is 340 g/mol. The second-order valence-corrected chi connectivity index (χ2v) is 5.55. The van der Waals surface area contributed by atoms with Crippen molar-refractivity contribution in [1.29, 1.82) is 5.26 Å². The van der Waals surface area contributed by atoms with E-state index in [0.717, 1.165) is 12.1 Å². The molecule has 0 radical (unpaired) electrons. The summed E-state index contributed by atoms with van der Waals surface area (Å²) in [6, 6.07) is 11.5. The molecule has 0 saturated heterocycles. The lowest BCUT2D eigenvalue weighted by Crippen LogP contribution is -2.36. The maximum Gasteiger partial charge on any atom is 0.261 e. The fourth-order valence-electron chi connectivity index (χ4n) is 2.75. The molecule has 1 aliphatic rings. The van der Waals surface area contributed by atoms with Crippen molar-refractivity contribution < 1.29 is 23.8 Å². The van der Waals surface area contributed by atoms with E-state index in [2.05, 4.69) is 5.32 Å². The van der Waals surface area contributed by atoms with Gasteiger partial charge in [-0.1, -0.05) is 12.1 Å². The highest BCUT2D eigenvalue weighted by Crippen LogP contribution is 2.40. The summed E-state index contributed by atoms with van der Waals surface area (Å²) in [5.74, 6) is -1.81. The number of nitriles is 1. The molecule has 1 heterocycles. The van der Waals surface area contributed by atoms with Gasteiger partial charge in [-0.25, -0.2) is 4.39 Å². The molecule has 0 bridgehead atoms. The van der Waals surface area contributed by atoms with Crippen LogP contribution in [-0.2, 0) is 10.4 Å². The number of benzene rings is 2. The molecular weight excluding hydrogens is 327 g/mol. The number of nitrogens with one attached hydrogen (secondary N) is 1. The van der Waals surface area contributed by atoms with Crippen molar-refractivity contribution in [2.75, 3.05) is 11.9 Å². The fourth-order valence-corrected chi connectivity index (χ4v) is 2.75. The maximum absolute atomic E-state index is 13.5. The van der Waals surface area contributed by atoms with Gasteiger partial charge in [-0.2, -0.15) is 5.26 Å². The molecule has 0 unspecified atom stereocenters. The molecule has 0 fully saturated rings. The summed E-state index contributed by atoms with van der Waals surface area (Å²) in [7, 11) is 0. The molecule has 126 valence electrons. The predicted octanol–water partition coefficient (Wildman–Crippen LogP) is 2.14. The lowest BCUT2D eigenvalue weighted by atomic mass is 9.88. The van der Waals surface area contributed by atoms with Crippen LogP contribution in [0, 0.1) is 17.1 Å². The molecule has 1 aliphatic heterocycles. The van der Waals surface area contributed by atoms with Crippen LogP contribution < -0.4 is 10.1 Å². The van der Waals surface area contributed by atoms with E-state index in [9.17, 15) is 19.1 Å². The number of hydrogen-bond acceptors (Lipinski definition) is 5. The van der Waals surface area contributed by atoms with E-state index in [1.54, 1.807) is 18.2 Å². The van der Waals surface area contributed by atoms with Crippen molar-refractivity contribution in [3.63, 3.8) is 0 Å². The number of fused-ring (bicyclic) bond motifs is 1. The average Bonchev–Trinajstić information content (AvgIpc) is 2.84. The number of carbonyl (C=O) groups is 2. The van der Waals surface area contributed by atoms with Crippen LogP contribution in [0.4, 0.5) is 10.1 Å². The third-order valence-corrected chi connectivity index (χ3v) is 3.95. The summed E-state index contributed by atoms with van der Waals surface area (Å²) < 4.78 is 18.7. The number of aliphatic hydroxyl groups is 1. The van der Waals surface area contributed by atoms with E-state index >= 15 is 0 Å². The van der Waals surface area contributed by atoms with Crippen LogP contribution in [0.2, 0.25) is 0 Å². The number of para-hydroxylation sites is 1. The second kappa shape index (κ2) is 6.34. The lowest BCUT2D eigenvalue weighted by Gasteiger charge is -2.20. The first kappa shape index (κ1) is 16.6. The number of halogens is 1. The van der Waals surface area contributed by atoms with Crippen LogP contribution >= 0.6 is 0 Å². The Hall–Kier alpha value is -3.24. The highest BCUT2D eigenvalue weighted by Gasteiger charge is 2.47. The van der Waals surface area contributed by atoms with Crippen LogP contribution in [0.1, 0.15) is 22.3 Å². The number of hydrogen-bond donors (Lipinski definition) is 2. The van der Waals surface area contributed by atoms with Crippen molar-refractivity contribution >= 4 is 17.4 Å². The topological polar surface area (TPSA) is 99.4 Å². The van der Waals surface area contributed by atoms with Crippen LogP contribution in [-0.4, -0.2) is 23.4 Å². The largest absolute Gasteiger partial charge is 0.478 e. The summed E-state index contributed by atoms with van der Waals surface area (Å²) >= 11 is 0. The highest BCUT2D eigenvalue weighted by atomic mass is 19.1. The van der Waals surface area contributed by atoms with Gasteiger partial charge >= 0.3 is 0 Å². The number of Topliss-reactive ketones (excluding diaryl/α,β-unsaturated/α-hetero) is 1.